The summed E-state index contributed by atoms with van der Waals surface area (Å²) < 4.78 is 6.03. The average molecular weight is 270 g/mol. The third-order valence-corrected chi connectivity index (χ3v) is 3.02. The molecule has 1 aliphatic carbocycles. The molecule has 80 valence electrons. The summed E-state index contributed by atoms with van der Waals surface area (Å²) >= 11 is 3.36. The van der Waals surface area contributed by atoms with Gasteiger partial charge < -0.3 is 4.74 Å². The minimum Gasteiger partial charge on any atom is -0.456 e. The lowest BCUT2D eigenvalue weighted by molar-refractivity contribution is -0.146. The van der Waals surface area contributed by atoms with Crippen molar-refractivity contribution in [3.63, 3.8) is 0 Å². The third-order valence-electron chi connectivity index (χ3n) is 2.62. The van der Waals surface area contributed by atoms with Crippen molar-refractivity contribution in [1.82, 2.24) is 4.98 Å². The third kappa shape index (κ3) is 2.04. The first kappa shape index (κ1) is 10.6. The van der Waals surface area contributed by atoms with E-state index in [0.29, 0.717) is 0 Å². The Labute approximate surface area is 97.0 Å². The Morgan fingerprint density at radius 3 is 3.07 bits per heavy atom. The van der Waals surface area contributed by atoms with E-state index in [4.69, 9.17) is 4.74 Å². The number of carbonyl (C=O) groups is 1. The average Bonchev–Trinajstić information content (AvgIpc) is 2.48. The molecule has 0 bridgehead atoms. The van der Waals surface area contributed by atoms with E-state index in [1.807, 2.05) is 6.07 Å². The summed E-state index contributed by atoms with van der Waals surface area (Å²) in [6.07, 6.45) is 1.63. The summed E-state index contributed by atoms with van der Waals surface area (Å²) in [5.41, 5.74) is 3.35. The van der Waals surface area contributed by atoms with Crippen LogP contribution in [-0.4, -0.2) is 11.0 Å². The lowest BCUT2D eigenvalue weighted by Crippen LogP contribution is -2.07. The highest BCUT2D eigenvalue weighted by atomic mass is 79.9. The van der Waals surface area contributed by atoms with Crippen LogP contribution in [0.2, 0.25) is 0 Å². The monoisotopic (exact) mass is 269 g/mol. The molecular formula is C11H12BrNO2. The summed E-state index contributed by atoms with van der Waals surface area (Å²) in [5.74, 6) is -0.243. The number of halogens is 1. The van der Waals surface area contributed by atoms with Crippen molar-refractivity contribution in [3.8, 4) is 0 Å². The fourth-order valence-electron chi connectivity index (χ4n) is 2.00. The second-order valence-electron chi connectivity index (χ2n) is 3.76. The summed E-state index contributed by atoms with van der Waals surface area (Å²) in [4.78, 5) is 15.3. The van der Waals surface area contributed by atoms with E-state index in [0.717, 1.165) is 23.1 Å². The first-order valence-corrected chi connectivity index (χ1v) is 5.70. The van der Waals surface area contributed by atoms with Gasteiger partial charge in [0.1, 0.15) is 10.7 Å². The van der Waals surface area contributed by atoms with Crippen molar-refractivity contribution in [2.45, 2.75) is 32.8 Å². The number of ether oxygens (including phenoxy) is 1. The zero-order valence-electron chi connectivity index (χ0n) is 8.71. The maximum Gasteiger partial charge on any atom is 0.303 e. The van der Waals surface area contributed by atoms with E-state index < -0.39 is 0 Å². The number of esters is 1. The highest BCUT2D eigenvalue weighted by Gasteiger charge is 2.28. The van der Waals surface area contributed by atoms with Gasteiger partial charge >= 0.3 is 5.97 Å². The Bertz CT molecular complexity index is 417. The second kappa shape index (κ2) is 3.93. The van der Waals surface area contributed by atoms with Crippen LogP contribution in [0.1, 0.15) is 36.3 Å². The van der Waals surface area contributed by atoms with Crippen molar-refractivity contribution in [1.29, 1.82) is 0 Å². The van der Waals surface area contributed by atoms with Crippen LogP contribution < -0.4 is 0 Å². The smallest absolute Gasteiger partial charge is 0.303 e. The van der Waals surface area contributed by atoms with Crippen LogP contribution in [-0.2, 0) is 16.0 Å². The SMILES string of the molecule is CC(=O)OC1CCc2c(C)cc(Br)nc21. The van der Waals surface area contributed by atoms with Crippen LogP contribution in [0.25, 0.3) is 0 Å². The molecule has 0 amide bonds. The molecule has 1 aliphatic rings. The molecule has 0 spiro atoms. The summed E-state index contributed by atoms with van der Waals surface area (Å²) in [7, 11) is 0. The van der Waals surface area contributed by atoms with Gasteiger partial charge in [-0.25, -0.2) is 4.98 Å². The van der Waals surface area contributed by atoms with Gasteiger partial charge in [0.25, 0.3) is 0 Å². The first-order chi connectivity index (χ1) is 7.08. The van der Waals surface area contributed by atoms with Gasteiger partial charge in [-0.3, -0.25) is 4.79 Å². The first-order valence-electron chi connectivity index (χ1n) is 4.91. The molecule has 0 N–H and O–H groups in total. The van der Waals surface area contributed by atoms with Gasteiger partial charge in [-0.1, -0.05) is 0 Å². The van der Waals surface area contributed by atoms with Crippen LogP contribution in [0.4, 0.5) is 0 Å². The Morgan fingerprint density at radius 2 is 2.40 bits per heavy atom. The number of carbonyl (C=O) groups excluding carboxylic acids is 1. The molecule has 1 heterocycles. The van der Waals surface area contributed by atoms with Gasteiger partial charge in [0.15, 0.2) is 0 Å². The zero-order valence-corrected chi connectivity index (χ0v) is 10.3. The van der Waals surface area contributed by atoms with Gasteiger partial charge in [-0.2, -0.15) is 0 Å². The van der Waals surface area contributed by atoms with Crippen molar-refractivity contribution in [2.24, 2.45) is 0 Å². The number of rotatable bonds is 1. The van der Waals surface area contributed by atoms with Crippen LogP contribution in [0.15, 0.2) is 10.7 Å². The summed E-state index contributed by atoms with van der Waals surface area (Å²) in [5, 5.41) is 0. The number of aryl methyl sites for hydroxylation is 1. The molecular weight excluding hydrogens is 258 g/mol. The predicted molar refractivity (Wildman–Crippen MR) is 59.5 cm³/mol. The molecule has 0 aliphatic heterocycles. The van der Waals surface area contributed by atoms with Crippen LogP contribution in [0, 0.1) is 6.92 Å². The second-order valence-corrected chi connectivity index (χ2v) is 4.57. The fourth-order valence-corrected chi connectivity index (χ4v) is 2.54. The van der Waals surface area contributed by atoms with E-state index in [2.05, 4.69) is 27.8 Å². The van der Waals surface area contributed by atoms with Gasteiger partial charge in [0.2, 0.25) is 0 Å². The fraction of sp³-hybridized carbons (Fsp3) is 0.455. The van der Waals surface area contributed by atoms with E-state index in [1.165, 1.54) is 18.1 Å². The number of hydrogen-bond acceptors (Lipinski definition) is 3. The number of fused-ring (bicyclic) bond motifs is 1. The highest BCUT2D eigenvalue weighted by molar-refractivity contribution is 9.10. The maximum absolute atomic E-state index is 10.9. The van der Waals surface area contributed by atoms with Gasteiger partial charge in [0.05, 0.1) is 5.69 Å². The molecule has 1 aromatic rings. The maximum atomic E-state index is 10.9. The van der Waals surface area contributed by atoms with Crippen molar-refractivity contribution in [2.75, 3.05) is 0 Å². The number of hydrogen-bond donors (Lipinski definition) is 0. The summed E-state index contributed by atoms with van der Waals surface area (Å²) in [6, 6.07) is 2.00. The quantitative estimate of drug-likeness (QED) is 0.581. The van der Waals surface area contributed by atoms with Gasteiger partial charge in [0, 0.05) is 6.92 Å². The molecule has 0 saturated carbocycles. The molecule has 15 heavy (non-hydrogen) atoms. The Morgan fingerprint density at radius 1 is 1.67 bits per heavy atom. The highest BCUT2D eigenvalue weighted by Crippen LogP contribution is 2.35. The Balaban J connectivity index is 2.37. The number of nitrogens with zero attached hydrogens (tertiary/aromatic N) is 1. The Kier molecular flexibility index (Phi) is 2.78. The van der Waals surface area contributed by atoms with Gasteiger partial charge in [-0.15, -0.1) is 0 Å². The normalized spacial score (nSPS) is 18.7. The van der Waals surface area contributed by atoms with Crippen LogP contribution >= 0.6 is 15.9 Å². The van der Waals surface area contributed by atoms with Crippen molar-refractivity contribution in [3.05, 3.63) is 27.5 Å². The Hall–Kier alpha value is -0.900. The van der Waals surface area contributed by atoms with Crippen LogP contribution in [0.3, 0.4) is 0 Å². The predicted octanol–water partition coefficient (Wildman–Crippen LogP) is 2.70. The summed E-state index contributed by atoms with van der Waals surface area (Å²) in [6.45, 7) is 3.49. The van der Waals surface area contributed by atoms with E-state index in [-0.39, 0.29) is 12.1 Å². The zero-order chi connectivity index (χ0) is 11.0. The molecule has 1 aromatic heterocycles. The largest absolute Gasteiger partial charge is 0.456 e. The number of aromatic nitrogens is 1. The van der Waals surface area contributed by atoms with E-state index in [1.54, 1.807) is 0 Å². The molecule has 0 saturated heterocycles. The topological polar surface area (TPSA) is 39.2 Å². The van der Waals surface area contributed by atoms with Crippen LogP contribution in [0.5, 0.6) is 0 Å². The number of pyridine rings is 1. The lowest BCUT2D eigenvalue weighted by Gasteiger charge is -2.11. The van der Waals surface area contributed by atoms with E-state index >= 15 is 0 Å². The standard InChI is InChI=1S/C11H12BrNO2/c1-6-5-10(12)13-11-8(6)3-4-9(11)15-7(2)14/h5,9H,3-4H2,1-2H3. The minimum atomic E-state index is -0.243. The molecule has 1 unspecified atom stereocenters. The molecule has 1 atom stereocenters. The molecule has 3 nitrogen and oxygen atoms in total. The minimum absolute atomic E-state index is 0.159. The lowest BCUT2D eigenvalue weighted by atomic mass is 10.1. The molecule has 0 radical (unpaired) electrons. The van der Waals surface area contributed by atoms with E-state index in [9.17, 15) is 4.79 Å². The molecule has 0 aromatic carbocycles. The van der Waals surface area contributed by atoms with Gasteiger partial charge in [-0.05, 0) is 52.9 Å². The molecule has 0 fully saturated rings. The van der Waals surface area contributed by atoms with Crippen molar-refractivity contribution >= 4 is 21.9 Å². The molecule has 4 heteroatoms. The molecule has 2 rings (SSSR count). The van der Waals surface area contributed by atoms with Crippen molar-refractivity contribution < 1.29 is 9.53 Å².